The number of nitrogens with zero attached hydrogens (tertiary/aromatic N) is 3. The monoisotopic (exact) mass is 555 g/mol. The number of likely N-dealkylation sites (tertiary alicyclic amines) is 1. The van der Waals surface area contributed by atoms with Crippen LogP contribution in [-0.2, 0) is 20.8 Å². The van der Waals surface area contributed by atoms with Gasteiger partial charge in [0.05, 0.1) is 30.7 Å². The number of fused-ring (bicyclic) bond motifs is 3. The van der Waals surface area contributed by atoms with Gasteiger partial charge in [0, 0.05) is 12.0 Å². The maximum atomic E-state index is 14.7. The molecule has 0 spiro atoms. The van der Waals surface area contributed by atoms with Crippen molar-refractivity contribution in [2.24, 2.45) is 11.8 Å². The van der Waals surface area contributed by atoms with Crippen molar-refractivity contribution >= 4 is 29.4 Å². The first kappa shape index (κ1) is 26.7. The number of rotatable bonds is 5. The summed E-state index contributed by atoms with van der Waals surface area (Å²) in [4.78, 5) is 61.2. The van der Waals surface area contributed by atoms with Gasteiger partial charge in [-0.25, -0.2) is 14.1 Å². The first-order chi connectivity index (χ1) is 19.5. The summed E-state index contributed by atoms with van der Waals surface area (Å²) < 4.78 is 19.7. The number of amides is 5. The first-order valence-corrected chi connectivity index (χ1v) is 13.5. The van der Waals surface area contributed by atoms with Crippen LogP contribution in [0.25, 0.3) is 0 Å². The van der Waals surface area contributed by atoms with Crippen molar-refractivity contribution in [1.29, 1.82) is 0 Å². The van der Waals surface area contributed by atoms with Gasteiger partial charge >= 0.3 is 6.03 Å². The highest BCUT2D eigenvalue weighted by atomic mass is 19.1. The molecule has 3 fully saturated rings. The zero-order chi connectivity index (χ0) is 29.3. The third-order valence-electron chi connectivity index (χ3n) is 8.40. The minimum atomic E-state index is -1.72. The van der Waals surface area contributed by atoms with Crippen LogP contribution < -0.4 is 9.64 Å². The van der Waals surface area contributed by atoms with Gasteiger partial charge in [0.15, 0.2) is 0 Å². The molecule has 3 aliphatic heterocycles. The Morgan fingerprint density at radius 3 is 2.17 bits per heavy atom. The van der Waals surface area contributed by atoms with Gasteiger partial charge in [-0.2, -0.15) is 0 Å². The summed E-state index contributed by atoms with van der Waals surface area (Å²) in [5.74, 6) is -3.73. The van der Waals surface area contributed by atoms with Crippen LogP contribution in [0, 0.1) is 17.7 Å². The Hall–Kier alpha value is -4.53. The molecule has 3 aromatic carbocycles. The number of anilines is 1. The van der Waals surface area contributed by atoms with E-state index >= 15 is 0 Å². The van der Waals surface area contributed by atoms with E-state index in [9.17, 15) is 23.6 Å². The fraction of sp³-hybridized carbons (Fsp3) is 0.312. The minimum Gasteiger partial charge on any atom is -0.497 e. The Balaban J connectivity index is 1.62. The minimum absolute atomic E-state index is 0.00898. The van der Waals surface area contributed by atoms with E-state index < -0.39 is 58.5 Å². The number of hydrogen-bond acceptors (Lipinski definition) is 5. The van der Waals surface area contributed by atoms with E-state index in [-0.39, 0.29) is 12.1 Å². The summed E-state index contributed by atoms with van der Waals surface area (Å²) >= 11 is 0. The molecule has 0 aliphatic carbocycles. The average molecular weight is 556 g/mol. The number of imide groups is 2. The SMILES string of the molecule is COc1ccc(C2C3C(=O)N(C(C)(C)C)C(=O)C3[C@]3(Cc4ccccc4)C(=O)N(c4cccc(F)c4)C(=O)N23)cc1. The lowest BCUT2D eigenvalue weighted by molar-refractivity contribution is -0.149. The molecule has 5 amide bonds. The summed E-state index contributed by atoms with van der Waals surface area (Å²) in [6.07, 6.45) is 0.00898. The second kappa shape index (κ2) is 9.26. The van der Waals surface area contributed by atoms with Crippen molar-refractivity contribution in [3.05, 3.63) is 95.8 Å². The van der Waals surface area contributed by atoms with E-state index in [0.717, 1.165) is 16.5 Å². The fourth-order valence-electron chi connectivity index (χ4n) is 6.82. The Morgan fingerprint density at radius 1 is 0.878 bits per heavy atom. The number of benzene rings is 3. The Kier molecular flexibility index (Phi) is 6.02. The van der Waals surface area contributed by atoms with Gasteiger partial charge in [-0.05, 0) is 62.2 Å². The standard InChI is InChI=1S/C32H30FN3O5/c1-31(2,3)36-27(37)24-25(28(36)38)32(18-19-9-6-5-7-10-19)29(39)34(22-12-8-11-21(33)17-22)30(40)35(32)26(24)20-13-15-23(41-4)16-14-20/h5-17,24-26H,18H2,1-4H3/t24?,25?,26?,32-/m1/s1. The van der Waals surface area contributed by atoms with E-state index in [4.69, 9.17) is 4.74 Å². The number of carbonyl (C=O) groups is 4. The number of hydrogen-bond donors (Lipinski definition) is 0. The van der Waals surface area contributed by atoms with E-state index in [2.05, 4.69) is 0 Å². The summed E-state index contributed by atoms with van der Waals surface area (Å²) in [5, 5.41) is 0. The molecule has 0 aromatic heterocycles. The molecule has 3 aromatic rings. The van der Waals surface area contributed by atoms with Gasteiger partial charge in [-0.3, -0.25) is 19.3 Å². The van der Waals surface area contributed by atoms with Crippen LogP contribution in [0.15, 0.2) is 78.9 Å². The summed E-state index contributed by atoms with van der Waals surface area (Å²) in [6, 6.07) is 19.7. The second-order valence-electron chi connectivity index (χ2n) is 11.8. The number of methoxy groups -OCH3 is 1. The molecule has 6 rings (SSSR count). The van der Waals surface area contributed by atoms with Gasteiger partial charge in [0.1, 0.15) is 17.1 Å². The molecule has 210 valence electrons. The highest BCUT2D eigenvalue weighted by Crippen LogP contribution is 2.60. The predicted octanol–water partition coefficient (Wildman–Crippen LogP) is 4.74. The summed E-state index contributed by atoms with van der Waals surface area (Å²) in [6.45, 7) is 5.32. The van der Waals surface area contributed by atoms with Gasteiger partial charge in [0.25, 0.3) is 5.91 Å². The van der Waals surface area contributed by atoms with Crippen molar-refractivity contribution in [2.75, 3.05) is 12.0 Å². The maximum Gasteiger partial charge on any atom is 0.332 e. The Labute approximate surface area is 237 Å². The van der Waals surface area contributed by atoms with E-state index in [0.29, 0.717) is 11.3 Å². The molecule has 0 saturated carbocycles. The molecule has 0 radical (unpaired) electrons. The molecule has 0 bridgehead atoms. The van der Waals surface area contributed by atoms with Crippen LogP contribution in [0.1, 0.15) is 37.9 Å². The van der Waals surface area contributed by atoms with Crippen LogP contribution in [0.5, 0.6) is 5.75 Å². The van der Waals surface area contributed by atoms with Crippen molar-refractivity contribution in [2.45, 2.75) is 44.3 Å². The molecule has 3 unspecified atom stereocenters. The third-order valence-corrected chi connectivity index (χ3v) is 8.40. The first-order valence-electron chi connectivity index (χ1n) is 13.5. The van der Waals surface area contributed by atoms with Crippen LogP contribution in [0.2, 0.25) is 0 Å². The normalized spacial score (nSPS) is 25.7. The molecular weight excluding hydrogens is 525 g/mol. The van der Waals surface area contributed by atoms with Crippen molar-refractivity contribution in [3.8, 4) is 5.75 Å². The van der Waals surface area contributed by atoms with Crippen molar-refractivity contribution in [1.82, 2.24) is 9.80 Å². The quantitative estimate of drug-likeness (QED) is 0.335. The highest BCUT2D eigenvalue weighted by Gasteiger charge is 2.77. The lowest BCUT2D eigenvalue weighted by atomic mass is 9.75. The highest BCUT2D eigenvalue weighted by molar-refractivity contribution is 6.27. The van der Waals surface area contributed by atoms with Crippen molar-refractivity contribution in [3.63, 3.8) is 0 Å². The smallest absolute Gasteiger partial charge is 0.332 e. The van der Waals surface area contributed by atoms with Gasteiger partial charge in [0.2, 0.25) is 11.8 Å². The summed E-state index contributed by atoms with van der Waals surface area (Å²) in [5.41, 5.74) is -1.18. The molecule has 3 aliphatic rings. The van der Waals surface area contributed by atoms with Crippen LogP contribution in [0.4, 0.5) is 14.9 Å². The molecular formula is C32H30FN3O5. The van der Waals surface area contributed by atoms with Gasteiger partial charge in [-0.15, -0.1) is 0 Å². The maximum absolute atomic E-state index is 14.7. The number of urea groups is 1. The topological polar surface area (TPSA) is 87.2 Å². The average Bonchev–Trinajstić information content (AvgIpc) is 3.46. The molecule has 9 heteroatoms. The molecule has 3 saturated heterocycles. The molecule has 8 nitrogen and oxygen atoms in total. The van der Waals surface area contributed by atoms with Gasteiger partial charge in [-0.1, -0.05) is 48.5 Å². The largest absolute Gasteiger partial charge is 0.497 e. The second-order valence-corrected chi connectivity index (χ2v) is 11.8. The number of ether oxygens (including phenoxy) is 1. The van der Waals surface area contributed by atoms with Crippen LogP contribution >= 0.6 is 0 Å². The zero-order valence-corrected chi connectivity index (χ0v) is 23.2. The van der Waals surface area contributed by atoms with Gasteiger partial charge < -0.3 is 9.64 Å². The molecule has 4 atom stereocenters. The molecule has 0 N–H and O–H groups in total. The Bertz CT molecular complexity index is 1570. The van der Waals surface area contributed by atoms with E-state index in [1.54, 1.807) is 45.0 Å². The van der Waals surface area contributed by atoms with E-state index in [1.807, 2.05) is 30.3 Å². The Morgan fingerprint density at radius 2 is 1.56 bits per heavy atom. The lowest BCUT2D eigenvalue weighted by Gasteiger charge is -2.38. The zero-order valence-electron chi connectivity index (χ0n) is 23.2. The van der Waals surface area contributed by atoms with Crippen molar-refractivity contribution < 1.29 is 28.3 Å². The lowest BCUT2D eigenvalue weighted by Crippen LogP contribution is -2.57. The van der Waals surface area contributed by atoms with Crippen LogP contribution in [-0.4, -0.2) is 51.7 Å². The molecule has 3 heterocycles. The third kappa shape index (κ3) is 3.78. The van der Waals surface area contributed by atoms with Crippen LogP contribution in [0.3, 0.4) is 0 Å². The van der Waals surface area contributed by atoms with E-state index in [1.165, 1.54) is 35.1 Å². The number of halogens is 1. The molecule has 41 heavy (non-hydrogen) atoms. The summed E-state index contributed by atoms with van der Waals surface area (Å²) in [7, 11) is 1.53. The fourth-order valence-corrected chi connectivity index (χ4v) is 6.82. The number of carbonyl (C=O) groups excluding carboxylic acids is 4. The predicted molar refractivity (Wildman–Crippen MR) is 148 cm³/mol.